The van der Waals surface area contributed by atoms with E-state index in [1.54, 1.807) is 13.1 Å². The molecule has 3 rings (SSSR count). The summed E-state index contributed by atoms with van der Waals surface area (Å²) in [5.74, 6) is 0.892. The van der Waals surface area contributed by atoms with Crippen LogP contribution in [0.1, 0.15) is 39.3 Å². The Morgan fingerprint density at radius 2 is 2.00 bits per heavy atom. The fourth-order valence-corrected chi connectivity index (χ4v) is 4.88. The summed E-state index contributed by atoms with van der Waals surface area (Å²) >= 11 is 6.10. The fraction of sp³-hybridized carbons (Fsp3) is 0.556. The van der Waals surface area contributed by atoms with Crippen molar-refractivity contribution < 1.29 is 8.42 Å². The van der Waals surface area contributed by atoms with Gasteiger partial charge >= 0.3 is 0 Å². The average Bonchev–Trinajstić information content (AvgIpc) is 2.57. The van der Waals surface area contributed by atoms with Crippen LogP contribution in [-0.2, 0) is 9.84 Å². The van der Waals surface area contributed by atoms with E-state index in [0.29, 0.717) is 5.15 Å². The van der Waals surface area contributed by atoms with Crippen molar-refractivity contribution in [3.63, 3.8) is 0 Å². The lowest BCUT2D eigenvalue weighted by atomic mass is 9.90. The largest absolute Gasteiger partial charge is 0.366 e. The molecule has 1 fully saturated rings. The first-order valence-corrected chi connectivity index (χ1v) is 10.8. The molecule has 0 amide bonds. The van der Waals surface area contributed by atoms with E-state index in [9.17, 15) is 8.42 Å². The predicted molar refractivity (Wildman–Crippen MR) is 103 cm³/mol. The highest BCUT2D eigenvalue weighted by Gasteiger charge is 2.38. The van der Waals surface area contributed by atoms with E-state index in [1.165, 1.54) is 0 Å². The molecule has 1 aliphatic rings. The number of hydrogen-bond donors (Lipinski definition) is 0. The monoisotopic (exact) mass is 381 g/mol. The number of hydrogen-bond acceptors (Lipinski definition) is 5. The first kappa shape index (κ1) is 18.4. The Morgan fingerprint density at radius 3 is 2.60 bits per heavy atom. The summed E-state index contributed by atoms with van der Waals surface area (Å²) in [5, 5.41) is 2.49. The van der Waals surface area contributed by atoms with Gasteiger partial charge < -0.3 is 4.90 Å². The SMILES string of the molecule is CCS(=O)(=O)C[C@H]1CN(c2cnc(C(C)C)c3cc(Cl)ncc23)[C@@H]1C. The highest BCUT2D eigenvalue weighted by Crippen LogP contribution is 2.38. The molecular formula is C18H24ClN3O2S. The zero-order valence-corrected chi connectivity index (χ0v) is 16.6. The van der Waals surface area contributed by atoms with Gasteiger partial charge in [0.05, 0.1) is 23.3 Å². The predicted octanol–water partition coefficient (Wildman–Crippen LogP) is 3.67. The molecule has 0 aliphatic carbocycles. The maximum Gasteiger partial charge on any atom is 0.150 e. The van der Waals surface area contributed by atoms with Crippen molar-refractivity contribution in [1.82, 2.24) is 9.97 Å². The van der Waals surface area contributed by atoms with Crippen LogP contribution in [0, 0.1) is 5.92 Å². The van der Waals surface area contributed by atoms with Crippen molar-refractivity contribution in [2.75, 3.05) is 23.0 Å². The number of rotatable bonds is 5. The quantitative estimate of drug-likeness (QED) is 0.739. The van der Waals surface area contributed by atoms with Gasteiger partial charge in [-0.05, 0) is 18.9 Å². The topological polar surface area (TPSA) is 63.2 Å². The van der Waals surface area contributed by atoms with Gasteiger partial charge in [0.25, 0.3) is 0 Å². The summed E-state index contributed by atoms with van der Waals surface area (Å²) in [5.41, 5.74) is 2.00. The average molecular weight is 382 g/mol. The summed E-state index contributed by atoms with van der Waals surface area (Å²) in [6, 6.07) is 2.03. The molecule has 136 valence electrons. The van der Waals surface area contributed by atoms with Gasteiger partial charge in [0.2, 0.25) is 0 Å². The van der Waals surface area contributed by atoms with Crippen molar-refractivity contribution in [3.05, 3.63) is 29.3 Å². The van der Waals surface area contributed by atoms with Crippen molar-refractivity contribution in [3.8, 4) is 0 Å². The van der Waals surface area contributed by atoms with E-state index in [0.717, 1.165) is 28.7 Å². The number of anilines is 1. The van der Waals surface area contributed by atoms with E-state index in [-0.39, 0.29) is 29.4 Å². The normalized spacial score (nSPS) is 21.0. The zero-order valence-electron chi connectivity index (χ0n) is 15.0. The van der Waals surface area contributed by atoms with Crippen LogP contribution in [0.4, 0.5) is 5.69 Å². The smallest absolute Gasteiger partial charge is 0.150 e. The fourth-order valence-electron chi connectivity index (χ4n) is 3.45. The van der Waals surface area contributed by atoms with Crippen LogP contribution in [0.15, 0.2) is 18.5 Å². The standard InChI is InChI=1S/C18H24ClN3O2S/c1-5-25(23,24)10-13-9-22(12(13)4)16-8-21-18(11(2)3)14-6-17(19)20-7-15(14)16/h6-8,11-13H,5,9-10H2,1-4H3/t12-,13-/m1/s1. The number of sulfone groups is 1. The Balaban J connectivity index is 1.95. The van der Waals surface area contributed by atoms with Crippen LogP contribution in [0.3, 0.4) is 0 Å². The van der Waals surface area contributed by atoms with E-state index in [4.69, 9.17) is 11.6 Å². The highest BCUT2D eigenvalue weighted by atomic mass is 35.5. The molecule has 2 atom stereocenters. The minimum absolute atomic E-state index is 0.157. The second-order valence-electron chi connectivity index (χ2n) is 7.09. The third kappa shape index (κ3) is 3.47. The summed E-state index contributed by atoms with van der Waals surface area (Å²) in [6.07, 6.45) is 3.68. The lowest BCUT2D eigenvalue weighted by molar-refractivity contribution is 0.341. The van der Waals surface area contributed by atoms with Gasteiger partial charge in [-0.2, -0.15) is 0 Å². The van der Waals surface area contributed by atoms with Crippen molar-refractivity contribution >= 4 is 37.9 Å². The zero-order chi connectivity index (χ0) is 18.4. The van der Waals surface area contributed by atoms with Crippen LogP contribution in [0.25, 0.3) is 10.8 Å². The molecule has 3 heterocycles. The van der Waals surface area contributed by atoms with E-state index in [1.807, 2.05) is 12.3 Å². The second-order valence-corrected chi connectivity index (χ2v) is 9.87. The number of halogens is 1. The van der Waals surface area contributed by atoms with Crippen LogP contribution in [-0.4, -0.2) is 42.5 Å². The molecule has 0 spiro atoms. The van der Waals surface area contributed by atoms with Gasteiger partial charge in [0.15, 0.2) is 0 Å². The Bertz CT molecular complexity index is 899. The van der Waals surface area contributed by atoms with Crippen molar-refractivity contribution in [2.24, 2.45) is 5.92 Å². The molecule has 7 heteroatoms. The van der Waals surface area contributed by atoms with E-state index < -0.39 is 9.84 Å². The van der Waals surface area contributed by atoms with Gasteiger partial charge in [-0.3, -0.25) is 4.98 Å². The molecule has 0 radical (unpaired) electrons. The number of aromatic nitrogens is 2. The van der Waals surface area contributed by atoms with Crippen LogP contribution < -0.4 is 4.90 Å². The Labute approximate surface area is 154 Å². The lowest BCUT2D eigenvalue weighted by Gasteiger charge is -2.48. The molecule has 0 N–H and O–H groups in total. The van der Waals surface area contributed by atoms with Crippen molar-refractivity contribution in [1.29, 1.82) is 0 Å². The Kier molecular flexibility index (Phi) is 4.95. The molecule has 0 aromatic carbocycles. The Hall–Kier alpha value is -1.40. The van der Waals surface area contributed by atoms with Crippen LogP contribution in [0.5, 0.6) is 0 Å². The molecule has 2 aromatic rings. The van der Waals surface area contributed by atoms with Gasteiger partial charge in [0.1, 0.15) is 15.0 Å². The summed E-state index contributed by atoms with van der Waals surface area (Å²) in [4.78, 5) is 11.1. The number of fused-ring (bicyclic) bond motifs is 1. The number of pyridine rings is 2. The molecule has 5 nitrogen and oxygen atoms in total. The van der Waals surface area contributed by atoms with E-state index >= 15 is 0 Å². The molecule has 0 bridgehead atoms. The van der Waals surface area contributed by atoms with Crippen LogP contribution in [0.2, 0.25) is 5.15 Å². The molecule has 0 saturated carbocycles. The summed E-state index contributed by atoms with van der Waals surface area (Å²) < 4.78 is 23.8. The highest BCUT2D eigenvalue weighted by molar-refractivity contribution is 7.91. The molecule has 1 aliphatic heterocycles. The third-order valence-electron chi connectivity index (χ3n) is 5.12. The first-order chi connectivity index (χ1) is 11.7. The van der Waals surface area contributed by atoms with E-state index in [2.05, 4.69) is 35.6 Å². The molecule has 2 aromatic heterocycles. The van der Waals surface area contributed by atoms with Crippen molar-refractivity contribution in [2.45, 2.75) is 39.7 Å². The maximum absolute atomic E-state index is 11.9. The molecular weight excluding hydrogens is 358 g/mol. The number of nitrogens with zero attached hydrogens (tertiary/aromatic N) is 3. The first-order valence-electron chi connectivity index (χ1n) is 8.64. The van der Waals surface area contributed by atoms with Gasteiger partial charge in [-0.25, -0.2) is 13.4 Å². The molecule has 0 unspecified atom stereocenters. The van der Waals surface area contributed by atoms with Gasteiger partial charge in [-0.15, -0.1) is 0 Å². The molecule has 25 heavy (non-hydrogen) atoms. The summed E-state index contributed by atoms with van der Waals surface area (Å²) in [6.45, 7) is 8.71. The molecule has 1 saturated heterocycles. The van der Waals surface area contributed by atoms with Gasteiger partial charge in [0, 0.05) is 41.2 Å². The maximum atomic E-state index is 11.9. The summed E-state index contributed by atoms with van der Waals surface area (Å²) in [7, 11) is -2.96. The minimum atomic E-state index is -2.96. The third-order valence-corrected chi connectivity index (χ3v) is 7.14. The minimum Gasteiger partial charge on any atom is -0.366 e. The Morgan fingerprint density at radius 1 is 1.28 bits per heavy atom. The second kappa shape index (κ2) is 6.72. The van der Waals surface area contributed by atoms with Crippen LogP contribution >= 0.6 is 11.6 Å². The van der Waals surface area contributed by atoms with Gasteiger partial charge in [-0.1, -0.05) is 32.4 Å². The lowest BCUT2D eigenvalue weighted by Crippen LogP contribution is -2.57.